The van der Waals surface area contributed by atoms with Crippen LogP contribution in [0.15, 0.2) is 0 Å². The van der Waals surface area contributed by atoms with Crippen LogP contribution in [0.25, 0.3) is 0 Å². The van der Waals surface area contributed by atoms with Gasteiger partial charge in [0.2, 0.25) is 0 Å². The summed E-state index contributed by atoms with van der Waals surface area (Å²) in [4.78, 5) is 10.7. The van der Waals surface area contributed by atoms with Gasteiger partial charge in [0.1, 0.15) is 5.69 Å². The third-order valence-corrected chi connectivity index (χ3v) is 2.23. The summed E-state index contributed by atoms with van der Waals surface area (Å²) in [5.74, 6) is -0.864. The van der Waals surface area contributed by atoms with Crippen molar-refractivity contribution < 1.29 is 9.90 Å². The predicted octanol–water partition coefficient (Wildman–Crippen LogP) is 1.80. The van der Waals surface area contributed by atoms with Crippen LogP contribution in [0, 0.1) is 0 Å². The van der Waals surface area contributed by atoms with Crippen molar-refractivity contribution in [1.82, 2.24) is 15.4 Å². The Morgan fingerprint density at radius 1 is 1.57 bits per heavy atom. The molecule has 1 aromatic rings. The number of aromatic nitrogens is 3. The molecule has 1 atom stereocenters. The molecule has 5 heteroatoms. The molecule has 0 spiro atoms. The summed E-state index contributed by atoms with van der Waals surface area (Å²) >= 11 is 0. The maximum absolute atomic E-state index is 10.7. The first-order valence-corrected chi connectivity index (χ1v) is 4.80. The highest BCUT2D eigenvalue weighted by Crippen LogP contribution is 2.21. The van der Waals surface area contributed by atoms with Gasteiger partial charge >= 0.3 is 5.97 Å². The van der Waals surface area contributed by atoms with Crippen molar-refractivity contribution >= 4 is 5.97 Å². The first-order chi connectivity index (χ1) is 6.66. The molecule has 0 bridgehead atoms. The molecule has 1 aromatic heterocycles. The third kappa shape index (κ3) is 2.31. The van der Waals surface area contributed by atoms with Crippen LogP contribution in [-0.4, -0.2) is 26.5 Å². The van der Waals surface area contributed by atoms with Crippen LogP contribution in [0.4, 0.5) is 0 Å². The summed E-state index contributed by atoms with van der Waals surface area (Å²) in [7, 11) is 0. The second kappa shape index (κ2) is 4.74. The summed E-state index contributed by atoms with van der Waals surface area (Å²) in [6.45, 7) is 4.08. The van der Waals surface area contributed by atoms with E-state index in [1.807, 2.05) is 6.92 Å². The molecular formula is C9H15N3O2. The average molecular weight is 197 g/mol. The summed E-state index contributed by atoms with van der Waals surface area (Å²) in [5.41, 5.74) is 0.611. The maximum atomic E-state index is 10.7. The van der Waals surface area contributed by atoms with E-state index >= 15 is 0 Å². The Bertz CT molecular complexity index is 309. The lowest BCUT2D eigenvalue weighted by atomic mass is 9.99. The minimum Gasteiger partial charge on any atom is -0.476 e. The Morgan fingerprint density at radius 3 is 2.86 bits per heavy atom. The number of unbranched alkanes of at least 4 members (excludes halogenated alkanes) is 1. The van der Waals surface area contributed by atoms with Gasteiger partial charge < -0.3 is 5.11 Å². The first kappa shape index (κ1) is 10.7. The van der Waals surface area contributed by atoms with Gasteiger partial charge in [-0.3, -0.25) is 0 Å². The quantitative estimate of drug-likeness (QED) is 0.754. The Hall–Kier alpha value is -1.39. The van der Waals surface area contributed by atoms with Crippen molar-refractivity contribution in [3.63, 3.8) is 0 Å². The number of carboxylic acids is 1. The summed E-state index contributed by atoms with van der Waals surface area (Å²) < 4.78 is 0. The fourth-order valence-corrected chi connectivity index (χ4v) is 1.39. The molecule has 0 saturated heterocycles. The summed E-state index contributed by atoms with van der Waals surface area (Å²) in [6, 6.07) is 0. The largest absolute Gasteiger partial charge is 0.476 e. The topological polar surface area (TPSA) is 78.9 Å². The van der Waals surface area contributed by atoms with E-state index < -0.39 is 5.97 Å². The molecule has 1 rings (SSSR count). The van der Waals surface area contributed by atoms with Gasteiger partial charge in [-0.1, -0.05) is 26.7 Å². The molecule has 0 saturated carbocycles. The van der Waals surface area contributed by atoms with Gasteiger partial charge in [-0.15, -0.1) is 5.10 Å². The van der Waals surface area contributed by atoms with Gasteiger partial charge in [0.25, 0.3) is 0 Å². The Kier molecular flexibility index (Phi) is 3.62. The molecule has 0 aliphatic heterocycles. The Morgan fingerprint density at radius 2 is 2.29 bits per heavy atom. The van der Waals surface area contributed by atoms with E-state index in [2.05, 4.69) is 22.3 Å². The molecule has 0 amide bonds. The number of rotatable bonds is 5. The number of aromatic amines is 1. The van der Waals surface area contributed by atoms with Crippen molar-refractivity contribution in [2.75, 3.05) is 0 Å². The van der Waals surface area contributed by atoms with E-state index in [9.17, 15) is 4.79 Å². The highest BCUT2D eigenvalue weighted by atomic mass is 16.4. The zero-order valence-electron chi connectivity index (χ0n) is 8.45. The molecular weight excluding hydrogens is 182 g/mol. The zero-order chi connectivity index (χ0) is 10.6. The zero-order valence-corrected chi connectivity index (χ0v) is 8.45. The molecule has 0 fully saturated rings. The highest BCUT2D eigenvalue weighted by Gasteiger charge is 2.19. The molecule has 2 N–H and O–H groups in total. The van der Waals surface area contributed by atoms with Gasteiger partial charge in [-0.2, -0.15) is 10.3 Å². The number of carboxylic acid groups (broad SMARTS) is 1. The minimum atomic E-state index is -1.02. The lowest BCUT2D eigenvalue weighted by Crippen LogP contribution is -2.05. The van der Waals surface area contributed by atoms with Crippen molar-refractivity contribution in [3.05, 3.63) is 11.4 Å². The lowest BCUT2D eigenvalue weighted by Gasteiger charge is -2.06. The maximum Gasteiger partial charge on any atom is 0.358 e. The number of aromatic carboxylic acids is 1. The first-order valence-electron chi connectivity index (χ1n) is 4.80. The number of hydrogen-bond acceptors (Lipinski definition) is 3. The standard InChI is InChI=1S/C9H15N3O2/c1-3-4-5-6(2)7-8(9(13)14)11-12-10-7/h6H,3-5H2,1-2H3,(H,13,14)(H,10,11,12). The second-order valence-corrected chi connectivity index (χ2v) is 3.41. The Labute approximate surface area is 82.5 Å². The lowest BCUT2D eigenvalue weighted by molar-refractivity contribution is 0.0688. The van der Waals surface area contributed by atoms with Crippen LogP contribution in [0.3, 0.4) is 0 Å². The van der Waals surface area contributed by atoms with Gasteiger partial charge in [-0.25, -0.2) is 4.79 Å². The number of H-pyrrole nitrogens is 1. The van der Waals surface area contributed by atoms with Crippen molar-refractivity contribution in [2.45, 2.75) is 39.0 Å². The molecule has 0 aliphatic carbocycles. The van der Waals surface area contributed by atoms with E-state index in [0.717, 1.165) is 19.3 Å². The number of nitrogens with zero attached hydrogens (tertiary/aromatic N) is 2. The molecule has 14 heavy (non-hydrogen) atoms. The average Bonchev–Trinajstić information content (AvgIpc) is 2.62. The van der Waals surface area contributed by atoms with E-state index in [4.69, 9.17) is 5.11 Å². The third-order valence-electron chi connectivity index (χ3n) is 2.23. The van der Waals surface area contributed by atoms with Crippen LogP contribution < -0.4 is 0 Å². The van der Waals surface area contributed by atoms with Gasteiger partial charge in [-0.05, 0) is 6.42 Å². The van der Waals surface area contributed by atoms with E-state index in [1.54, 1.807) is 0 Å². The monoisotopic (exact) mass is 197 g/mol. The fourth-order valence-electron chi connectivity index (χ4n) is 1.39. The minimum absolute atomic E-state index is 0.0496. The van der Waals surface area contributed by atoms with Gasteiger partial charge in [0.05, 0.1) is 0 Å². The molecule has 5 nitrogen and oxygen atoms in total. The van der Waals surface area contributed by atoms with Crippen molar-refractivity contribution in [1.29, 1.82) is 0 Å². The molecule has 1 heterocycles. The van der Waals surface area contributed by atoms with Crippen LogP contribution >= 0.6 is 0 Å². The number of nitrogens with one attached hydrogen (secondary N) is 1. The SMILES string of the molecule is CCCCC(C)c1n[nH]nc1C(=O)O. The van der Waals surface area contributed by atoms with Crippen LogP contribution in [0.1, 0.15) is 55.2 Å². The number of hydrogen-bond donors (Lipinski definition) is 2. The smallest absolute Gasteiger partial charge is 0.358 e. The normalized spacial score (nSPS) is 12.7. The summed E-state index contributed by atoms with van der Waals surface area (Å²) in [5, 5.41) is 18.6. The van der Waals surface area contributed by atoms with Gasteiger partial charge in [0.15, 0.2) is 5.69 Å². The molecule has 0 aromatic carbocycles. The number of carbonyl (C=O) groups is 1. The molecule has 0 radical (unpaired) electrons. The van der Waals surface area contributed by atoms with Crippen LogP contribution in [0.2, 0.25) is 0 Å². The predicted molar refractivity (Wildman–Crippen MR) is 51.3 cm³/mol. The van der Waals surface area contributed by atoms with Crippen molar-refractivity contribution in [2.24, 2.45) is 0 Å². The fraction of sp³-hybridized carbons (Fsp3) is 0.667. The van der Waals surface area contributed by atoms with E-state index in [0.29, 0.717) is 5.69 Å². The highest BCUT2D eigenvalue weighted by molar-refractivity contribution is 5.86. The molecule has 1 unspecified atom stereocenters. The second-order valence-electron chi connectivity index (χ2n) is 3.41. The molecule has 78 valence electrons. The van der Waals surface area contributed by atoms with E-state index in [1.165, 1.54) is 0 Å². The summed E-state index contributed by atoms with van der Waals surface area (Å²) in [6.07, 6.45) is 3.13. The van der Waals surface area contributed by atoms with Crippen molar-refractivity contribution in [3.8, 4) is 0 Å². The Balaban J connectivity index is 2.73. The van der Waals surface area contributed by atoms with E-state index in [-0.39, 0.29) is 11.6 Å². The molecule has 0 aliphatic rings. The van der Waals surface area contributed by atoms with Crippen LogP contribution in [-0.2, 0) is 0 Å². The van der Waals surface area contributed by atoms with Gasteiger partial charge in [0, 0.05) is 5.92 Å². The van der Waals surface area contributed by atoms with Crippen LogP contribution in [0.5, 0.6) is 0 Å².